The van der Waals surface area contributed by atoms with Gasteiger partial charge in [-0.3, -0.25) is 0 Å². The van der Waals surface area contributed by atoms with E-state index in [1.54, 1.807) is 6.07 Å². The molecule has 0 radical (unpaired) electrons. The summed E-state index contributed by atoms with van der Waals surface area (Å²) in [6.07, 6.45) is 0. The molecule has 0 aromatic heterocycles. The van der Waals surface area contributed by atoms with E-state index in [-0.39, 0.29) is 5.97 Å². The number of carbonyl (C=O) groups excluding carboxylic acids is 1. The third-order valence-electron chi connectivity index (χ3n) is 1.93. The van der Waals surface area contributed by atoms with Gasteiger partial charge in [-0.2, -0.15) is 0 Å². The van der Waals surface area contributed by atoms with E-state index >= 15 is 0 Å². The van der Waals surface area contributed by atoms with Crippen molar-refractivity contribution < 1.29 is 9.53 Å². The smallest absolute Gasteiger partial charge is 0.337 e. The van der Waals surface area contributed by atoms with Gasteiger partial charge in [-0.1, -0.05) is 19.9 Å². The van der Waals surface area contributed by atoms with Crippen LogP contribution in [-0.2, 0) is 4.74 Å². The zero-order valence-corrected chi connectivity index (χ0v) is 9.55. The number of rotatable bonds is 1. The van der Waals surface area contributed by atoms with E-state index in [2.05, 4.69) is 4.74 Å². The van der Waals surface area contributed by atoms with Crippen LogP contribution in [0.2, 0.25) is 0 Å². The molecule has 0 spiro atoms. The molecule has 0 amide bonds. The van der Waals surface area contributed by atoms with Crippen LogP contribution in [0.15, 0.2) is 18.2 Å². The number of esters is 1. The first-order valence-electron chi connectivity index (χ1n) is 4.80. The topological polar surface area (TPSA) is 26.3 Å². The van der Waals surface area contributed by atoms with Crippen LogP contribution >= 0.6 is 0 Å². The van der Waals surface area contributed by atoms with Gasteiger partial charge in [0.05, 0.1) is 12.7 Å². The molecule has 0 unspecified atom stereocenters. The van der Waals surface area contributed by atoms with Gasteiger partial charge in [0.2, 0.25) is 0 Å². The van der Waals surface area contributed by atoms with Gasteiger partial charge in [-0.05, 0) is 37.1 Å². The van der Waals surface area contributed by atoms with Crippen molar-refractivity contribution in [2.24, 2.45) is 0 Å². The van der Waals surface area contributed by atoms with E-state index in [1.165, 1.54) is 12.7 Å². The molecule has 1 rings (SSSR count). The lowest BCUT2D eigenvalue weighted by molar-refractivity contribution is 0.0600. The Labute approximate surface area is 85.9 Å². The third-order valence-corrected chi connectivity index (χ3v) is 1.93. The first-order valence-corrected chi connectivity index (χ1v) is 4.80. The number of benzene rings is 1. The summed E-state index contributed by atoms with van der Waals surface area (Å²) in [7, 11) is 1.39. The van der Waals surface area contributed by atoms with Gasteiger partial charge in [0.25, 0.3) is 0 Å². The molecule has 0 bridgehead atoms. The summed E-state index contributed by atoms with van der Waals surface area (Å²) in [5.74, 6) is -0.280. The molecule has 0 aliphatic carbocycles. The highest BCUT2D eigenvalue weighted by Gasteiger charge is 2.04. The molecule has 0 heterocycles. The second-order valence-electron chi connectivity index (χ2n) is 2.79. The lowest BCUT2D eigenvalue weighted by Gasteiger charge is -2.02. The largest absolute Gasteiger partial charge is 0.465 e. The summed E-state index contributed by atoms with van der Waals surface area (Å²) in [6, 6.07) is 5.52. The van der Waals surface area contributed by atoms with Crippen molar-refractivity contribution in [3.63, 3.8) is 0 Å². The van der Waals surface area contributed by atoms with Crippen LogP contribution in [-0.4, -0.2) is 13.1 Å². The standard InChI is InChI=1S/C10H12O2.C2H6/c1-7-4-5-9(6-8(7)2)10(11)12-3;1-2/h4-6H,1-3H3;1-2H3. The molecule has 0 saturated carbocycles. The third kappa shape index (κ3) is 3.21. The molecule has 0 atom stereocenters. The van der Waals surface area contributed by atoms with Gasteiger partial charge >= 0.3 is 5.97 Å². The number of carbonyl (C=O) groups is 1. The van der Waals surface area contributed by atoms with Gasteiger partial charge in [0.15, 0.2) is 0 Å². The SMILES string of the molecule is CC.COC(=O)c1ccc(C)c(C)c1. The predicted molar refractivity (Wildman–Crippen MR) is 58.6 cm³/mol. The van der Waals surface area contributed by atoms with Crippen LogP contribution in [0.5, 0.6) is 0 Å². The molecule has 0 fully saturated rings. The molecular weight excluding hydrogens is 176 g/mol. The van der Waals surface area contributed by atoms with Crippen molar-refractivity contribution in [1.29, 1.82) is 0 Å². The Morgan fingerprint density at radius 2 is 1.71 bits per heavy atom. The Hall–Kier alpha value is -1.31. The van der Waals surface area contributed by atoms with Crippen LogP contribution in [0.25, 0.3) is 0 Å². The second kappa shape index (κ2) is 6.19. The fourth-order valence-electron chi connectivity index (χ4n) is 0.986. The molecule has 14 heavy (non-hydrogen) atoms. The average molecular weight is 194 g/mol. The Morgan fingerprint density at radius 1 is 1.14 bits per heavy atom. The van der Waals surface area contributed by atoms with Gasteiger partial charge in [-0.25, -0.2) is 4.79 Å². The summed E-state index contributed by atoms with van der Waals surface area (Å²) in [6.45, 7) is 7.98. The lowest BCUT2D eigenvalue weighted by Crippen LogP contribution is -2.01. The predicted octanol–water partition coefficient (Wildman–Crippen LogP) is 3.12. The molecule has 1 aromatic carbocycles. The molecule has 0 N–H and O–H groups in total. The van der Waals surface area contributed by atoms with Crippen LogP contribution in [0, 0.1) is 13.8 Å². The Kier molecular flexibility index (Phi) is 5.61. The number of ether oxygens (including phenoxy) is 1. The number of methoxy groups -OCH3 is 1. The number of hydrogen-bond donors (Lipinski definition) is 0. The molecule has 78 valence electrons. The minimum atomic E-state index is -0.280. The van der Waals surface area contributed by atoms with E-state index < -0.39 is 0 Å². The summed E-state index contributed by atoms with van der Waals surface area (Å²) in [5, 5.41) is 0. The highest BCUT2D eigenvalue weighted by atomic mass is 16.5. The zero-order chi connectivity index (χ0) is 11.1. The quantitative estimate of drug-likeness (QED) is 0.642. The van der Waals surface area contributed by atoms with E-state index in [1.807, 2.05) is 39.8 Å². The van der Waals surface area contributed by atoms with E-state index in [4.69, 9.17) is 0 Å². The van der Waals surface area contributed by atoms with Crippen molar-refractivity contribution in [3.8, 4) is 0 Å². The van der Waals surface area contributed by atoms with Gasteiger partial charge in [0, 0.05) is 0 Å². The zero-order valence-electron chi connectivity index (χ0n) is 9.55. The highest BCUT2D eigenvalue weighted by molar-refractivity contribution is 5.89. The Morgan fingerprint density at radius 3 is 2.14 bits per heavy atom. The fourth-order valence-corrected chi connectivity index (χ4v) is 0.986. The van der Waals surface area contributed by atoms with Crippen molar-refractivity contribution in [1.82, 2.24) is 0 Å². The lowest BCUT2D eigenvalue weighted by atomic mass is 10.1. The Bertz CT molecular complexity index is 303. The minimum absolute atomic E-state index is 0.280. The van der Waals surface area contributed by atoms with Gasteiger partial charge < -0.3 is 4.74 Å². The summed E-state index contributed by atoms with van der Waals surface area (Å²) >= 11 is 0. The van der Waals surface area contributed by atoms with Crippen molar-refractivity contribution in [2.75, 3.05) is 7.11 Å². The first-order chi connectivity index (χ1) is 6.65. The first kappa shape index (κ1) is 12.7. The minimum Gasteiger partial charge on any atom is -0.465 e. The normalized spacial score (nSPS) is 8.64. The van der Waals surface area contributed by atoms with Gasteiger partial charge in [0.1, 0.15) is 0 Å². The second-order valence-corrected chi connectivity index (χ2v) is 2.79. The van der Waals surface area contributed by atoms with Crippen LogP contribution in [0.4, 0.5) is 0 Å². The maximum atomic E-state index is 11.1. The number of aryl methyl sites for hydroxylation is 2. The van der Waals surface area contributed by atoms with E-state index in [0.29, 0.717) is 5.56 Å². The van der Waals surface area contributed by atoms with Crippen LogP contribution < -0.4 is 0 Å². The molecule has 0 aliphatic rings. The molecule has 0 saturated heterocycles. The fraction of sp³-hybridized carbons (Fsp3) is 0.417. The summed E-state index contributed by atoms with van der Waals surface area (Å²) < 4.78 is 4.59. The van der Waals surface area contributed by atoms with Crippen molar-refractivity contribution >= 4 is 5.97 Å². The van der Waals surface area contributed by atoms with E-state index in [0.717, 1.165) is 5.56 Å². The molecule has 2 nitrogen and oxygen atoms in total. The average Bonchev–Trinajstić information content (AvgIpc) is 2.24. The van der Waals surface area contributed by atoms with Crippen LogP contribution in [0.1, 0.15) is 35.3 Å². The Balaban J connectivity index is 0.000000791. The molecule has 1 aromatic rings. The molecule has 0 aliphatic heterocycles. The van der Waals surface area contributed by atoms with Gasteiger partial charge in [-0.15, -0.1) is 0 Å². The number of hydrogen-bond acceptors (Lipinski definition) is 2. The van der Waals surface area contributed by atoms with Crippen molar-refractivity contribution in [3.05, 3.63) is 34.9 Å². The molecular formula is C12H18O2. The monoisotopic (exact) mass is 194 g/mol. The highest BCUT2D eigenvalue weighted by Crippen LogP contribution is 2.10. The maximum Gasteiger partial charge on any atom is 0.337 e. The summed E-state index contributed by atoms with van der Waals surface area (Å²) in [5.41, 5.74) is 2.90. The van der Waals surface area contributed by atoms with Crippen molar-refractivity contribution in [2.45, 2.75) is 27.7 Å². The summed E-state index contributed by atoms with van der Waals surface area (Å²) in [4.78, 5) is 11.1. The molecule has 2 heteroatoms. The maximum absolute atomic E-state index is 11.1. The van der Waals surface area contributed by atoms with Crippen LogP contribution in [0.3, 0.4) is 0 Å². The van der Waals surface area contributed by atoms with E-state index in [9.17, 15) is 4.79 Å².